The van der Waals surface area contributed by atoms with E-state index in [1.165, 1.54) is 64.5 Å². The van der Waals surface area contributed by atoms with Gasteiger partial charge in [-0.05, 0) is 44.8 Å². The molecule has 4 rings (SSSR count). The van der Waals surface area contributed by atoms with E-state index in [2.05, 4.69) is 35.0 Å². The van der Waals surface area contributed by atoms with Gasteiger partial charge < -0.3 is 15.1 Å². The molecule has 168 valence electrons. The first-order valence-electron chi connectivity index (χ1n) is 11.5. The minimum atomic E-state index is 0. The topological polar surface area (TPSA) is 59.9 Å². The van der Waals surface area contributed by atoms with Crippen molar-refractivity contribution in [3.8, 4) is 0 Å². The molecule has 0 bridgehead atoms. The van der Waals surface area contributed by atoms with Crippen molar-refractivity contribution in [1.82, 2.24) is 25.1 Å². The maximum atomic E-state index is 4.63. The predicted octanol–water partition coefficient (Wildman–Crippen LogP) is 2.98. The number of hydrogen-bond donors (Lipinski definition) is 1. The highest BCUT2D eigenvalue weighted by Gasteiger charge is 2.38. The van der Waals surface area contributed by atoms with Gasteiger partial charge in [-0.3, -0.25) is 9.89 Å². The van der Waals surface area contributed by atoms with E-state index < -0.39 is 0 Å². The van der Waals surface area contributed by atoms with E-state index in [9.17, 15) is 0 Å². The first kappa shape index (κ1) is 23.5. The van der Waals surface area contributed by atoms with Crippen molar-refractivity contribution in [3.63, 3.8) is 0 Å². The molecule has 2 saturated heterocycles. The SMILES string of the molecule is CN=C(NCC1(N2CCCCC2)CCCCC1)N1CCN(c2ncccn2)CC1.I. The standard InChI is InChI=1S/C22H37N7.HI/c1-23-20(27-15-17-28(18-16-27)21-24-11-8-12-25-21)26-19-22(9-4-2-5-10-22)29-13-6-3-7-14-29;/h8,11-12H,2-7,9-10,13-19H2,1H3,(H,23,26);1H. The molecule has 3 fully saturated rings. The average molecular weight is 527 g/mol. The molecule has 8 heteroatoms. The summed E-state index contributed by atoms with van der Waals surface area (Å²) < 4.78 is 0. The molecule has 0 radical (unpaired) electrons. The number of aromatic nitrogens is 2. The lowest BCUT2D eigenvalue weighted by Crippen LogP contribution is -2.60. The van der Waals surface area contributed by atoms with E-state index in [1.54, 1.807) is 0 Å². The molecular weight excluding hydrogens is 489 g/mol. The van der Waals surface area contributed by atoms with Crippen LogP contribution in [0.25, 0.3) is 0 Å². The van der Waals surface area contributed by atoms with E-state index in [4.69, 9.17) is 0 Å². The number of likely N-dealkylation sites (tertiary alicyclic amines) is 1. The lowest BCUT2D eigenvalue weighted by atomic mass is 9.79. The van der Waals surface area contributed by atoms with Gasteiger partial charge in [0.15, 0.2) is 5.96 Å². The van der Waals surface area contributed by atoms with Crippen molar-refractivity contribution >= 4 is 35.9 Å². The van der Waals surface area contributed by atoms with Gasteiger partial charge in [0.05, 0.1) is 0 Å². The lowest BCUT2D eigenvalue weighted by Gasteiger charge is -2.49. The van der Waals surface area contributed by atoms with Gasteiger partial charge in [-0.15, -0.1) is 24.0 Å². The molecule has 0 aromatic carbocycles. The molecular formula is C22H38IN7. The van der Waals surface area contributed by atoms with Gasteiger partial charge in [-0.1, -0.05) is 25.7 Å². The van der Waals surface area contributed by atoms with Crippen molar-refractivity contribution in [3.05, 3.63) is 18.5 Å². The second kappa shape index (κ2) is 11.5. The van der Waals surface area contributed by atoms with Gasteiger partial charge in [0.1, 0.15) is 0 Å². The summed E-state index contributed by atoms with van der Waals surface area (Å²) in [6.45, 7) is 7.35. The second-order valence-electron chi connectivity index (χ2n) is 8.76. The fourth-order valence-corrected chi connectivity index (χ4v) is 5.33. The number of piperazine rings is 1. The van der Waals surface area contributed by atoms with Crippen LogP contribution in [0.4, 0.5) is 5.95 Å². The Balaban J connectivity index is 0.00000256. The van der Waals surface area contributed by atoms with Gasteiger partial charge in [0.2, 0.25) is 5.95 Å². The minimum absolute atomic E-state index is 0. The molecule has 0 spiro atoms. The van der Waals surface area contributed by atoms with Crippen LogP contribution in [0.1, 0.15) is 51.4 Å². The number of hydrogen-bond acceptors (Lipinski definition) is 5. The molecule has 1 N–H and O–H groups in total. The number of nitrogens with zero attached hydrogens (tertiary/aromatic N) is 6. The quantitative estimate of drug-likeness (QED) is 0.369. The third kappa shape index (κ3) is 5.55. The van der Waals surface area contributed by atoms with Crippen LogP contribution in [0.2, 0.25) is 0 Å². The predicted molar refractivity (Wildman–Crippen MR) is 134 cm³/mol. The Morgan fingerprint density at radius 2 is 1.57 bits per heavy atom. The smallest absolute Gasteiger partial charge is 0.225 e. The van der Waals surface area contributed by atoms with E-state index in [0.717, 1.165) is 44.6 Å². The Kier molecular flexibility index (Phi) is 8.98. The summed E-state index contributed by atoms with van der Waals surface area (Å²) in [5, 5.41) is 3.79. The number of aliphatic imine (C=N–C) groups is 1. The van der Waals surface area contributed by atoms with Crippen LogP contribution in [0.5, 0.6) is 0 Å². The maximum absolute atomic E-state index is 4.63. The largest absolute Gasteiger partial charge is 0.354 e. The molecule has 3 heterocycles. The van der Waals surface area contributed by atoms with Crippen LogP contribution in [0.15, 0.2) is 23.5 Å². The van der Waals surface area contributed by atoms with E-state index in [-0.39, 0.29) is 24.0 Å². The van der Waals surface area contributed by atoms with Crippen molar-refractivity contribution in [2.75, 3.05) is 57.8 Å². The summed E-state index contributed by atoms with van der Waals surface area (Å²) in [6, 6.07) is 1.87. The number of halogens is 1. The van der Waals surface area contributed by atoms with Crippen molar-refractivity contribution < 1.29 is 0 Å². The Labute approximate surface area is 198 Å². The Bertz CT molecular complexity index is 649. The number of guanidine groups is 1. The Morgan fingerprint density at radius 1 is 0.933 bits per heavy atom. The fourth-order valence-electron chi connectivity index (χ4n) is 5.33. The van der Waals surface area contributed by atoms with Gasteiger partial charge in [0, 0.05) is 57.7 Å². The summed E-state index contributed by atoms with van der Waals surface area (Å²) in [7, 11) is 1.92. The monoisotopic (exact) mass is 527 g/mol. The highest BCUT2D eigenvalue weighted by molar-refractivity contribution is 14.0. The molecule has 0 atom stereocenters. The Hall–Kier alpha value is -1.16. The van der Waals surface area contributed by atoms with E-state index >= 15 is 0 Å². The molecule has 1 aromatic heterocycles. The number of anilines is 1. The first-order valence-corrected chi connectivity index (χ1v) is 11.5. The van der Waals surface area contributed by atoms with Crippen molar-refractivity contribution in [2.24, 2.45) is 4.99 Å². The summed E-state index contributed by atoms with van der Waals surface area (Å²) in [4.78, 5) is 20.9. The molecule has 0 unspecified atom stereocenters. The van der Waals surface area contributed by atoms with Crippen molar-refractivity contribution in [2.45, 2.75) is 56.9 Å². The van der Waals surface area contributed by atoms with Gasteiger partial charge >= 0.3 is 0 Å². The zero-order valence-corrected chi connectivity index (χ0v) is 20.8. The Morgan fingerprint density at radius 3 is 2.20 bits per heavy atom. The van der Waals surface area contributed by atoms with Crippen LogP contribution in [-0.2, 0) is 0 Å². The molecule has 1 saturated carbocycles. The molecule has 2 aliphatic heterocycles. The van der Waals surface area contributed by atoms with E-state index in [0.29, 0.717) is 5.54 Å². The number of nitrogens with one attached hydrogen (secondary N) is 1. The van der Waals surface area contributed by atoms with Crippen molar-refractivity contribution in [1.29, 1.82) is 0 Å². The highest BCUT2D eigenvalue weighted by Crippen LogP contribution is 2.35. The molecule has 1 aliphatic carbocycles. The maximum Gasteiger partial charge on any atom is 0.225 e. The van der Waals surface area contributed by atoms with Crippen LogP contribution in [0.3, 0.4) is 0 Å². The molecule has 30 heavy (non-hydrogen) atoms. The van der Waals surface area contributed by atoms with Gasteiger partial charge in [-0.25, -0.2) is 9.97 Å². The fraction of sp³-hybridized carbons (Fsp3) is 0.773. The average Bonchev–Trinajstić information content (AvgIpc) is 2.82. The van der Waals surface area contributed by atoms with Crippen LogP contribution in [0, 0.1) is 0 Å². The summed E-state index contributed by atoms with van der Waals surface area (Å²) in [5.74, 6) is 1.89. The highest BCUT2D eigenvalue weighted by atomic mass is 127. The summed E-state index contributed by atoms with van der Waals surface area (Å²) in [6.07, 6.45) is 14.6. The molecule has 0 amide bonds. The summed E-state index contributed by atoms with van der Waals surface area (Å²) in [5.41, 5.74) is 0.328. The first-order chi connectivity index (χ1) is 14.3. The van der Waals surface area contributed by atoms with Gasteiger partial charge in [-0.2, -0.15) is 0 Å². The third-order valence-corrected chi connectivity index (χ3v) is 7.01. The zero-order valence-electron chi connectivity index (χ0n) is 18.4. The van der Waals surface area contributed by atoms with Gasteiger partial charge in [0.25, 0.3) is 0 Å². The number of piperidine rings is 1. The van der Waals surface area contributed by atoms with Crippen LogP contribution >= 0.6 is 24.0 Å². The molecule has 7 nitrogen and oxygen atoms in total. The third-order valence-electron chi connectivity index (χ3n) is 7.01. The molecule has 3 aliphatic rings. The van der Waals surface area contributed by atoms with E-state index in [1.807, 2.05) is 25.5 Å². The molecule has 1 aromatic rings. The van der Waals surface area contributed by atoms with Crippen LogP contribution < -0.4 is 10.2 Å². The summed E-state index contributed by atoms with van der Waals surface area (Å²) >= 11 is 0. The minimum Gasteiger partial charge on any atom is -0.354 e. The normalized spacial score (nSPS) is 23.0. The lowest BCUT2D eigenvalue weighted by molar-refractivity contribution is 0.0363. The van der Waals surface area contributed by atoms with Crippen LogP contribution in [-0.4, -0.2) is 84.1 Å². The second-order valence-corrected chi connectivity index (χ2v) is 8.76. The zero-order chi connectivity index (χ0) is 19.9. The number of rotatable bonds is 4.